The van der Waals surface area contributed by atoms with E-state index >= 15 is 0 Å². The van der Waals surface area contributed by atoms with Gasteiger partial charge in [-0.2, -0.15) is 0 Å². The van der Waals surface area contributed by atoms with Crippen LogP contribution >= 0.6 is 11.6 Å². The summed E-state index contributed by atoms with van der Waals surface area (Å²) in [5.41, 5.74) is 0. The lowest BCUT2D eigenvalue weighted by atomic mass is 10.1. The second kappa shape index (κ2) is 10.8. The van der Waals surface area contributed by atoms with Crippen molar-refractivity contribution in [1.29, 1.82) is 0 Å². The molecule has 2 fully saturated rings. The fourth-order valence-electron chi connectivity index (χ4n) is 3.82. The van der Waals surface area contributed by atoms with Crippen LogP contribution in [0.1, 0.15) is 32.6 Å². The number of aromatic nitrogens is 1. The number of guanidine groups is 1. The van der Waals surface area contributed by atoms with Crippen molar-refractivity contribution < 1.29 is 5.11 Å². The van der Waals surface area contributed by atoms with Crippen LogP contribution in [0.3, 0.4) is 0 Å². The van der Waals surface area contributed by atoms with Crippen molar-refractivity contribution in [2.24, 2.45) is 4.99 Å². The SMILES string of the molecule is CCNC(=NCCCN1CCC(O)CC1)NC1CCN(c2ncccc2Cl)C1. The highest BCUT2D eigenvalue weighted by Gasteiger charge is 2.25. The molecule has 0 spiro atoms. The number of hydrogen-bond donors (Lipinski definition) is 3. The van der Waals surface area contributed by atoms with Crippen LogP contribution in [0.4, 0.5) is 5.82 Å². The van der Waals surface area contributed by atoms with E-state index in [1.807, 2.05) is 12.1 Å². The Hall–Kier alpha value is -1.57. The number of hydrogen-bond acceptors (Lipinski definition) is 5. The van der Waals surface area contributed by atoms with Crippen LogP contribution in [0, 0.1) is 0 Å². The molecule has 28 heavy (non-hydrogen) atoms. The molecule has 0 aliphatic carbocycles. The monoisotopic (exact) mass is 408 g/mol. The molecule has 156 valence electrons. The first kappa shape index (κ1) is 21.1. The fourth-order valence-corrected chi connectivity index (χ4v) is 4.06. The Morgan fingerprint density at radius 1 is 1.32 bits per heavy atom. The minimum atomic E-state index is -0.106. The number of pyridine rings is 1. The third kappa shape index (κ3) is 6.22. The van der Waals surface area contributed by atoms with E-state index in [1.54, 1.807) is 6.20 Å². The van der Waals surface area contributed by atoms with E-state index in [1.165, 1.54) is 0 Å². The van der Waals surface area contributed by atoms with Crippen LogP contribution in [-0.4, -0.2) is 78.9 Å². The van der Waals surface area contributed by atoms with Crippen LogP contribution in [0.25, 0.3) is 0 Å². The first-order chi connectivity index (χ1) is 13.7. The van der Waals surface area contributed by atoms with Gasteiger partial charge in [0.1, 0.15) is 5.82 Å². The number of piperidine rings is 1. The number of anilines is 1. The Morgan fingerprint density at radius 3 is 2.89 bits per heavy atom. The molecule has 3 heterocycles. The van der Waals surface area contributed by atoms with E-state index in [0.717, 1.165) is 83.3 Å². The molecule has 3 rings (SSSR count). The first-order valence-electron chi connectivity index (χ1n) is 10.5. The molecule has 0 radical (unpaired) electrons. The summed E-state index contributed by atoms with van der Waals surface area (Å²) >= 11 is 6.29. The predicted octanol–water partition coefficient (Wildman–Crippen LogP) is 1.72. The topological polar surface area (TPSA) is 76.0 Å². The molecule has 3 N–H and O–H groups in total. The zero-order chi connectivity index (χ0) is 19.8. The Morgan fingerprint density at radius 2 is 2.14 bits per heavy atom. The van der Waals surface area contributed by atoms with Crippen molar-refractivity contribution in [1.82, 2.24) is 20.5 Å². The Bertz CT molecular complexity index is 635. The van der Waals surface area contributed by atoms with Crippen LogP contribution in [0.15, 0.2) is 23.3 Å². The smallest absolute Gasteiger partial charge is 0.191 e. The van der Waals surface area contributed by atoms with Crippen LogP contribution < -0.4 is 15.5 Å². The highest BCUT2D eigenvalue weighted by atomic mass is 35.5. The van der Waals surface area contributed by atoms with Crippen LogP contribution in [0.2, 0.25) is 5.02 Å². The maximum atomic E-state index is 9.59. The molecule has 2 aliphatic rings. The minimum Gasteiger partial charge on any atom is -0.393 e. The number of likely N-dealkylation sites (tertiary alicyclic amines) is 1. The van der Waals surface area contributed by atoms with Gasteiger partial charge in [-0.3, -0.25) is 4.99 Å². The molecule has 1 atom stereocenters. The zero-order valence-electron chi connectivity index (χ0n) is 16.8. The summed E-state index contributed by atoms with van der Waals surface area (Å²) in [6, 6.07) is 4.08. The lowest BCUT2D eigenvalue weighted by Gasteiger charge is -2.29. The summed E-state index contributed by atoms with van der Waals surface area (Å²) < 4.78 is 0. The quantitative estimate of drug-likeness (QED) is 0.362. The lowest BCUT2D eigenvalue weighted by Crippen LogP contribution is -2.44. The molecule has 2 saturated heterocycles. The number of nitrogens with one attached hydrogen (secondary N) is 2. The molecule has 8 heteroatoms. The number of aliphatic hydroxyl groups excluding tert-OH is 1. The van der Waals surface area contributed by atoms with E-state index < -0.39 is 0 Å². The molecule has 0 bridgehead atoms. The van der Waals surface area contributed by atoms with Gasteiger partial charge in [0, 0.05) is 51.5 Å². The summed E-state index contributed by atoms with van der Waals surface area (Å²) in [5, 5.41) is 17.2. The summed E-state index contributed by atoms with van der Waals surface area (Å²) in [7, 11) is 0. The molecule has 1 aromatic rings. The molecule has 1 unspecified atom stereocenters. The number of aliphatic imine (C=N–C) groups is 1. The van der Waals surface area contributed by atoms with Gasteiger partial charge >= 0.3 is 0 Å². The van der Waals surface area contributed by atoms with Gasteiger partial charge in [0.25, 0.3) is 0 Å². The normalized spacial score (nSPS) is 21.9. The Kier molecular flexibility index (Phi) is 8.18. The van der Waals surface area contributed by atoms with Crippen molar-refractivity contribution in [2.75, 3.05) is 50.7 Å². The number of halogens is 1. The molecule has 0 amide bonds. The van der Waals surface area contributed by atoms with Gasteiger partial charge in [0.2, 0.25) is 0 Å². The average Bonchev–Trinajstić information content (AvgIpc) is 3.15. The van der Waals surface area contributed by atoms with Gasteiger partial charge in [-0.15, -0.1) is 0 Å². The van der Waals surface area contributed by atoms with Crippen LogP contribution in [-0.2, 0) is 0 Å². The molecule has 1 aromatic heterocycles. The van der Waals surface area contributed by atoms with Gasteiger partial charge in [-0.25, -0.2) is 4.98 Å². The lowest BCUT2D eigenvalue weighted by molar-refractivity contribution is 0.0824. The first-order valence-corrected chi connectivity index (χ1v) is 10.8. The van der Waals surface area contributed by atoms with Gasteiger partial charge in [0.15, 0.2) is 5.96 Å². The molecular weight excluding hydrogens is 376 g/mol. The van der Waals surface area contributed by atoms with Crippen molar-refractivity contribution in [3.63, 3.8) is 0 Å². The van der Waals surface area contributed by atoms with E-state index in [0.29, 0.717) is 11.1 Å². The zero-order valence-corrected chi connectivity index (χ0v) is 17.5. The Labute approximate surface area is 173 Å². The molecule has 0 aromatic carbocycles. The van der Waals surface area contributed by atoms with E-state index in [2.05, 4.69) is 32.3 Å². The number of rotatable bonds is 7. The van der Waals surface area contributed by atoms with Gasteiger partial charge in [0.05, 0.1) is 11.1 Å². The number of aliphatic hydroxyl groups is 1. The summed E-state index contributed by atoms with van der Waals surface area (Å²) in [5.74, 6) is 1.75. The summed E-state index contributed by atoms with van der Waals surface area (Å²) in [4.78, 5) is 13.8. The molecule has 0 saturated carbocycles. The van der Waals surface area contributed by atoms with Crippen molar-refractivity contribution in [3.05, 3.63) is 23.4 Å². The maximum absolute atomic E-state index is 9.59. The maximum Gasteiger partial charge on any atom is 0.191 e. The van der Waals surface area contributed by atoms with Crippen molar-refractivity contribution >= 4 is 23.4 Å². The molecule has 2 aliphatic heterocycles. The number of nitrogens with zero attached hydrogens (tertiary/aromatic N) is 4. The van der Waals surface area contributed by atoms with Gasteiger partial charge in [-0.05, 0) is 51.3 Å². The second-order valence-corrected chi connectivity index (χ2v) is 7.98. The third-order valence-electron chi connectivity index (χ3n) is 5.37. The Balaban J connectivity index is 1.44. The summed E-state index contributed by atoms with van der Waals surface area (Å²) in [6.07, 6.45) is 5.54. The minimum absolute atomic E-state index is 0.106. The standard InChI is InChI=1S/C20H33ClN6O/c1-2-22-20(24-10-4-11-26-12-7-17(28)8-13-26)25-16-6-14-27(15-16)19-18(21)5-3-9-23-19/h3,5,9,16-17,28H,2,4,6-8,10-15H2,1H3,(H2,22,24,25). The second-order valence-electron chi connectivity index (χ2n) is 7.57. The van der Waals surface area contributed by atoms with Crippen molar-refractivity contribution in [3.8, 4) is 0 Å². The summed E-state index contributed by atoms with van der Waals surface area (Å²) in [6.45, 7) is 8.59. The average molecular weight is 409 g/mol. The van der Waals surface area contributed by atoms with Gasteiger partial charge in [-0.1, -0.05) is 11.6 Å². The van der Waals surface area contributed by atoms with E-state index in [9.17, 15) is 5.11 Å². The van der Waals surface area contributed by atoms with E-state index in [-0.39, 0.29) is 6.10 Å². The van der Waals surface area contributed by atoms with Crippen molar-refractivity contribution in [2.45, 2.75) is 44.8 Å². The highest BCUT2D eigenvalue weighted by molar-refractivity contribution is 6.32. The van der Waals surface area contributed by atoms with Gasteiger partial charge < -0.3 is 25.5 Å². The molecule has 7 nitrogen and oxygen atoms in total. The third-order valence-corrected chi connectivity index (χ3v) is 5.67. The largest absolute Gasteiger partial charge is 0.393 e. The van der Waals surface area contributed by atoms with E-state index in [4.69, 9.17) is 16.6 Å². The predicted molar refractivity (Wildman–Crippen MR) is 115 cm³/mol. The highest BCUT2D eigenvalue weighted by Crippen LogP contribution is 2.25. The van der Waals surface area contributed by atoms with Crippen LogP contribution in [0.5, 0.6) is 0 Å². The molecular formula is C20H33ClN6O. The fraction of sp³-hybridized carbons (Fsp3) is 0.700.